The molecule has 1 saturated heterocycles. The van der Waals surface area contributed by atoms with Crippen LogP contribution in [0.25, 0.3) is 0 Å². The average Bonchev–Trinajstić information content (AvgIpc) is 1.82. The molecule has 0 aromatic heterocycles. The van der Waals surface area contributed by atoms with E-state index in [1.54, 1.807) is 6.92 Å². The summed E-state index contributed by atoms with van der Waals surface area (Å²) in [6.07, 6.45) is 0. The molecule has 1 aliphatic rings. The summed E-state index contributed by atoms with van der Waals surface area (Å²) in [5.74, 6) is 4.75. The van der Waals surface area contributed by atoms with Gasteiger partial charge in [-0.15, -0.1) is 0 Å². The van der Waals surface area contributed by atoms with Crippen molar-refractivity contribution >= 4 is 40.4 Å². The summed E-state index contributed by atoms with van der Waals surface area (Å²) in [6, 6.07) is 0. The molecule has 0 unspecified atom stereocenters. The van der Waals surface area contributed by atoms with E-state index in [-0.39, 0.29) is 5.12 Å². The first kappa shape index (κ1) is 9.81. The predicted molar refractivity (Wildman–Crippen MR) is 56.7 cm³/mol. The summed E-state index contributed by atoms with van der Waals surface area (Å²) < 4.78 is 0. The molecule has 0 bridgehead atoms. The first-order chi connectivity index (χ1) is 5.29. The van der Waals surface area contributed by atoms with E-state index < -0.39 is 0 Å². The highest BCUT2D eigenvalue weighted by molar-refractivity contribution is 8.14. The van der Waals surface area contributed by atoms with Crippen LogP contribution < -0.4 is 0 Å². The van der Waals surface area contributed by atoms with E-state index in [0.29, 0.717) is 0 Å². The third-order valence-corrected chi connectivity index (χ3v) is 5.37. The summed E-state index contributed by atoms with van der Waals surface area (Å²) in [5.41, 5.74) is 0. The Labute approximate surface area is 80.5 Å². The molecule has 0 atom stereocenters. The number of hydrogen-bond acceptors (Lipinski definition) is 4. The SMILES string of the molecule is CC(=O)SCCSC1CSC1. The maximum Gasteiger partial charge on any atom is 0.185 e. The number of carbonyl (C=O) groups is 1. The monoisotopic (exact) mass is 208 g/mol. The Hall–Kier alpha value is 0.720. The fraction of sp³-hybridized carbons (Fsp3) is 0.857. The van der Waals surface area contributed by atoms with Crippen LogP contribution in [-0.4, -0.2) is 33.4 Å². The summed E-state index contributed by atoms with van der Waals surface area (Å²) in [5, 5.41) is 1.13. The van der Waals surface area contributed by atoms with Crippen LogP contribution in [0, 0.1) is 0 Å². The van der Waals surface area contributed by atoms with E-state index >= 15 is 0 Å². The van der Waals surface area contributed by atoms with E-state index in [1.807, 2.05) is 23.5 Å². The molecular formula is C7H12OS3. The number of carbonyl (C=O) groups excluding carboxylic acids is 1. The van der Waals surface area contributed by atoms with Crippen molar-refractivity contribution in [2.75, 3.05) is 23.0 Å². The van der Waals surface area contributed by atoms with E-state index in [0.717, 1.165) is 16.8 Å². The molecule has 0 aromatic rings. The van der Waals surface area contributed by atoms with Gasteiger partial charge in [0.1, 0.15) is 0 Å². The zero-order valence-corrected chi connectivity index (χ0v) is 8.99. The first-order valence-electron chi connectivity index (χ1n) is 3.62. The van der Waals surface area contributed by atoms with Gasteiger partial charge in [-0.2, -0.15) is 23.5 Å². The quantitative estimate of drug-likeness (QED) is 0.658. The van der Waals surface area contributed by atoms with Crippen molar-refractivity contribution in [1.82, 2.24) is 0 Å². The normalized spacial score (nSPS) is 17.9. The van der Waals surface area contributed by atoms with Gasteiger partial charge in [0.2, 0.25) is 0 Å². The van der Waals surface area contributed by atoms with Gasteiger partial charge in [0, 0.05) is 35.2 Å². The summed E-state index contributed by atoms with van der Waals surface area (Å²) in [6.45, 7) is 1.63. The lowest BCUT2D eigenvalue weighted by molar-refractivity contribution is -0.109. The lowest BCUT2D eigenvalue weighted by Crippen LogP contribution is -2.21. The largest absolute Gasteiger partial charge is 0.288 e. The molecule has 0 spiro atoms. The Bertz CT molecular complexity index is 134. The second-order valence-electron chi connectivity index (χ2n) is 2.37. The number of thioether (sulfide) groups is 3. The molecule has 1 heterocycles. The van der Waals surface area contributed by atoms with E-state index in [9.17, 15) is 4.79 Å². The maximum absolute atomic E-state index is 10.5. The van der Waals surface area contributed by atoms with Crippen LogP contribution in [0.15, 0.2) is 0 Å². The van der Waals surface area contributed by atoms with Gasteiger partial charge < -0.3 is 0 Å². The van der Waals surface area contributed by atoms with Crippen LogP contribution in [0.2, 0.25) is 0 Å². The molecule has 4 heteroatoms. The van der Waals surface area contributed by atoms with Crippen molar-refractivity contribution in [3.8, 4) is 0 Å². The summed E-state index contributed by atoms with van der Waals surface area (Å²) >= 11 is 5.47. The van der Waals surface area contributed by atoms with Crippen LogP contribution in [0.5, 0.6) is 0 Å². The molecule has 11 heavy (non-hydrogen) atoms. The van der Waals surface area contributed by atoms with Crippen molar-refractivity contribution in [3.63, 3.8) is 0 Å². The van der Waals surface area contributed by atoms with Gasteiger partial charge in [-0.3, -0.25) is 4.79 Å². The molecule has 0 amide bonds. The van der Waals surface area contributed by atoms with Gasteiger partial charge in [-0.05, 0) is 0 Å². The Morgan fingerprint density at radius 2 is 2.27 bits per heavy atom. The fourth-order valence-corrected chi connectivity index (χ4v) is 3.82. The maximum atomic E-state index is 10.5. The second kappa shape index (κ2) is 5.38. The van der Waals surface area contributed by atoms with Crippen LogP contribution in [-0.2, 0) is 4.79 Å². The van der Waals surface area contributed by atoms with Crippen LogP contribution in [0.3, 0.4) is 0 Å². The Balaban J connectivity index is 1.83. The summed E-state index contributed by atoms with van der Waals surface area (Å²) in [4.78, 5) is 10.5. The number of hydrogen-bond donors (Lipinski definition) is 0. The standard InChI is InChI=1S/C7H12OS3/c1-6(8)10-2-3-11-7-4-9-5-7/h7H,2-5H2,1H3. The van der Waals surface area contributed by atoms with E-state index in [1.165, 1.54) is 23.3 Å². The second-order valence-corrected chi connectivity index (χ2v) is 6.13. The highest BCUT2D eigenvalue weighted by Gasteiger charge is 2.17. The zero-order chi connectivity index (χ0) is 8.10. The Morgan fingerprint density at radius 1 is 1.55 bits per heavy atom. The van der Waals surface area contributed by atoms with Gasteiger partial charge in [0.15, 0.2) is 5.12 Å². The molecule has 64 valence electrons. The zero-order valence-electron chi connectivity index (χ0n) is 6.54. The molecule has 0 aliphatic carbocycles. The fourth-order valence-electron chi connectivity index (χ4n) is 0.710. The van der Waals surface area contributed by atoms with Crippen molar-refractivity contribution in [1.29, 1.82) is 0 Å². The molecule has 1 aliphatic heterocycles. The van der Waals surface area contributed by atoms with Crippen molar-refractivity contribution in [2.24, 2.45) is 0 Å². The molecule has 0 radical (unpaired) electrons. The molecule has 0 aromatic carbocycles. The van der Waals surface area contributed by atoms with Crippen LogP contribution in [0.1, 0.15) is 6.92 Å². The van der Waals surface area contributed by atoms with Crippen molar-refractivity contribution in [2.45, 2.75) is 12.2 Å². The molecule has 1 rings (SSSR count). The topological polar surface area (TPSA) is 17.1 Å². The minimum absolute atomic E-state index is 0.244. The summed E-state index contributed by atoms with van der Waals surface area (Å²) in [7, 11) is 0. The lowest BCUT2D eigenvalue weighted by atomic mass is 10.5. The number of rotatable bonds is 4. The van der Waals surface area contributed by atoms with Crippen LogP contribution >= 0.6 is 35.3 Å². The van der Waals surface area contributed by atoms with Gasteiger partial charge in [-0.1, -0.05) is 11.8 Å². The molecule has 0 saturated carbocycles. The first-order valence-corrected chi connectivity index (χ1v) is 6.80. The molecule has 0 N–H and O–H groups in total. The Kier molecular flexibility index (Phi) is 4.80. The molecule has 1 fully saturated rings. The minimum Gasteiger partial charge on any atom is -0.288 e. The van der Waals surface area contributed by atoms with Gasteiger partial charge in [0.25, 0.3) is 0 Å². The average molecular weight is 208 g/mol. The van der Waals surface area contributed by atoms with E-state index in [2.05, 4.69) is 0 Å². The highest BCUT2D eigenvalue weighted by atomic mass is 32.2. The Morgan fingerprint density at radius 3 is 2.73 bits per heavy atom. The van der Waals surface area contributed by atoms with Crippen LogP contribution in [0.4, 0.5) is 0 Å². The van der Waals surface area contributed by atoms with Crippen molar-refractivity contribution in [3.05, 3.63) is 0 Å². The van der Waals surface area contributed by atoms with Crippen molar-refractivity contribution < 1.29 is 4.79 Å². The molecular weight excluding hydrogens is 196 g/mol. The third-order valence-electron chi connectivity index (χ3n) is 1.35. The van der Waals surface area contributed by atoms with Gasteiger partial charge in [-0.25, -0.2) is 0 Å². The molecule has 1 nitrogen and oxygen atoms in total. The third kappa shape index (κ3) is 4.33. The predicted octanol–water partition coefficient (Wildman–Crippen LogP) is 2.11. The van der Waals surface area contributed by atoms with Gasteiger partial charge in [0.05, 0.1) is 0 Å². The lowest BCUT2D eigenvalue weighted by Gasteiger charge is -2.23. The minimum atomic E-state index is 0.244. The smallest absolute Gasteiger partial charge is 0.185 e. The highest BCUT2D eigenvalue weighted by Crippen LogP contribution is 2.29. The van der Waals surface area contributed by atoms with E-state index in [4.69, 9.17) is 0 Å². The van der Waals surface area contributed by atoms with Gasteiger partial charge >= 0.3 is 0 Å².